The van der Waals surface area contributed by atoms with Gasteiger partial charge in [0, 0.05) is 11.1 Å². The molecule has 1 aromatic carbocycles. The molecule has 0 spiro atoms. The summed E-state index contributed by atoms with van der Waals surface area (Å²) in [4.78, 5) is 20.6. The number of carbonyl (C=O) groups excluding carboxylic acids is 2. The molecule has 0 amide bonds. The van der Waals surface area contributed by atoms with Crippen molar-refractivity contribution in [2.24, 2.45) is 0 Å². The quantitative estimate of drug-likeness (QED) is 0.230. The molecule has 0 saturated heterocycles. The van der Waals surface area contributed by atoms with Crippen molar-refractivity contribution in [1.29, 1.82) is 0 Å². The number of carboxylic acid groups (broad SMARTS) is 2. The van der Waals surface area contributed by atoms with Gasteiger partial charge in [0.15, 0.2) is 0 Å². The molecule has 0 bridgehead atoms. The molecule has 0 saturated carbocycles. The maximum Gasteiger partial charge on any atom is 0.0721 e. The predicted octanol–water partition coefficient (Wildman–Crippen LogP) is 4.86. The van der Waals surface area contributed by atoms with E-state index in [1.54, 1.807) is 0 Å². The van der Waals surface area contributed by atoms with Gasteiger partial charge in [-0.2, -0.15) is 0 Å². The summed E-state index contributed by atoms with van der Waals surface area (Å²) >= 11 is -2.55. The Hall–Kier alpha value is -0.323. The smallest absolute Gasteiger partial charge is 0.0721 e. The standard InChI is InChI=1S/C8H6O4.4C4H9.2CH3O.2Sn/c9-7(10)5-3-1-2-4-6(5)8(11)12;4*1-3-4-2;2*1-2;;/h1-4H,(H,9,10)(H,11,12);4*1,3-4H2,2H3;2*1H3;;/q;;;;;2*-1;2*+2/p-2. The number of carboxylic acids is 2. The van der Waals surface area contributed by atoms with Crippen molar-refractivity contribution in [3.63, 3.8) is 0 Å². The van der Waals surface area contributed by atoms with Crippen LogP contribution in [0.25, 0.3) is 0 Å². The van der Waals surface area contributed by atoms with Gasteiger partial charge in [0.2, 0.25) is 0 Å². The van der Waals surface area contributed by atoms with E-state index in [1.807, 2.05) is 14.2 Å². The van der Waals surface area contributed by atoms with Gasteiger partial charge in [-0.25, -0.2) is 0 Å². The number of unbranched alkanes of at least 4 members (excludes halogenated alkanes) is 4. The van der Waals surface area contributed by atoms with Crippen LogP contribution in [-0.2, 0) is 6.15 Å². The number of carbonyl (C=O) groups is 2. The van der Waals surface area contributed by atoms with E-state index < -0.39 is 52.3 Å². The van der Waals surface area contributed by atoms with Crippen LogP contribution in [0.3, 0.4) is 0 Å². The molecule has 0 aliphatic heterocycles. The minimum atomic E-state index is -1.52. The van der Waals surface area contributed by atoms with E-state index >= 15 is 0 Å². The van der Waals surface area contributed by atoms with Gasteiger partial charge in [-0.15, -0.1) is 0 Å². The molecular formula is C26H46O6Sn2. The van der Waals surface area contributed by atoms with Gasteiger partial charge in [0.25, 0.3) is 0 Å². The molecule has 1 rings (SSSR count). The second-order valence-corrected chi connectivity index (χ2v) is 22.2. The molecule has 0 heterocycles. The van der Waals surface area contributed by atoms with Gasteiger partial charge in [-0.3, -0.25) is 0 Å². The average Bonchev–Trinajstić information content (AvgIpc) is 2.85. The Morgan fingerprint density at radius 3 is 1.09 bits per heavy atom. The molecule has 0 atom stereocenters. The molecule has 0 aliphatic rings. The molecule has 6 nitrogen and oxygen atoms in total. The van der Waals surface area contributed by atoms with E-state index in [4.69, 9.17) is 6.15 Å². The summed E-state index contributed by atoms with van der Waals surface area (Å²) in [6.07, 6.45) is 10.9. The van der Waals surface area contributed by atoms with Crippen molar-refractivity contribution < 1.29 is 26.0 Å². The van der Waals surface area contributed by atoms with Crippen molar-refractivity contribution in [3.8, 4) is 0 Å². The largest absolute Gasteiger partial charge is 0.545 e. The molecule has 194 valence electrons. The zero-order valence-corrected chi connectivity index (χ0v) is 28.0. The Morgan fingerprint density at radius 2 is 0.912 bits per heavy atom. The summed E-state index contributed by atoms with van der Waals surface area (Å²) in [6.45, 7) is 9.04. The van der Waals surface area contributed by atoms with Crippen LogP contribution >= 0.6 is 0 Å². The SMILES string of the molecule is CCC[CH2][Sn+]([CH2]CCC)[O]C.CCC[CH2][Sn+]([CH2]CCC)[O]C.O=C([O-])c1ccccc1C(=O)[O-]. The van der Waals surface area contributed by atoms with Crippen LogP contribution in [0.2, 0.25) is 17.7 Å². The fourth-order valence-electron chi connectivity index (χ4n) is 2.99. The first-order valence-corrected chi connectivity index (χ1v) is 23.0. The number of hydrogen-bond acceptors (Lipinski definition) is 6. The molecule has 1 aromatic rings. The van der Waals surface area contributed by atoms with Crippen molar-refractivity contribution in [2.75, 3.05) is 14.2 Å². The van der Waals surface area contributed by atoms with E-state index in [1.165, 1.54) is 81.2 Å². The minimum Gasteiger partial charge on any atom is -0.545 e. The molecule has 34 heavy (non-hydrogen) atoms. The summed E-state index contributed by atoms with van der Waals surface area (Å²) in [7, 11) is 3.83. The summed E-state index contributed by atoms with van der Waals surface area (Å²) in [6, 6.07) is 5.14. The summed E-state index contributed by atoms with van der Waals surface area (Å²) < 4.78 is 16.9. The number of benzene rings is 1. The summed E-state index contributed by atoms with van der Waals surface area (Å²) in [5, 5.41) is 20.6. The van der Waals surface area contributed by atoms with Crippen LogP contribution in [0.1, 0.15) is 99.8 Å². The number of rotatable bonds is 16. The Kier molecular flexibility index (Phi) is 27.2. The van der Waals surface area contributed by atoms with Gasteiger partial charge in [-0.1, -0.05) is 24.3 Å². The van der Waals surface area contributed by atoms with Crippen LogP contribution in [0.4, 0.5) is 0 Å². The Morgan fingerprint density at radius 1 is 0.647 bits per heavy atom. The van der Waals surface area contributed by atoms with E-state index in [9.17, 15) is 19.8 Å². The first-order valence-electron chi connectivity index (χ1n) is 12.6. The molecule has 0 aromatic heterocycles. The molecule has 0 N–H and O–H groups in total. The summed E-state index contributed by atoms with van der Waals surface area (Å²) in [5.41, 5.74) is -0.727. The number of aromatic carboxylic acids is 2. The molecule has 0 fully saturated rings. The first kappa shape index (κ1) is 35.8. The molecule has 0 unspecified atom stereocenters. The van der Waals surface area contributed by atoms with Crippen LogP contribution in [0, 0.1) is 0 Å². The Bertz CT molecular complexity index is 558. The molecule has 0 aliphatic carbocycles. The van der Waals surface area contributed by atoms with Crippen molar-refractivity contribution in [1.82, 2.24) is 0 Å². The van der Waals surface area contributed by atoms with Crippen molar-refractivity contribution in [2.45, 2.75) is 96.8 Å². The van der Waals surface area contributed by atoms with Crippen LogP contribution in [0.5, 0.6) is 0 Å². The maximum atomic E-state index is 10.3. The fraction of sp³-hybridized carbons (Fsp3) is 0.692. The summed E-state index contributed by atoms with van der Waals surface area (Å²) in [5.74, 6) is -3.04. The van der Waals surface area contributed by atoms with E-state index in [2.05, 4.69) is 27.7 Å². The van der Waals surface area contributed by atoms with Gasteiger partial charge >= 0.3 is 158 Å². The van der Waals surface area contributed by atoms with Gasteiger partial charge < -0.3 is 19.8 Å². The van der Waals surface area contributed by atoms with Gasteiger partial charge in [-0.05, 0) is 0 Å². The third-order valence-electron chi connectivity index (χ3n) is 5.18. The van der Waals surface area contributed by atoms with E-state index in [-0.39, 0.29) is 11.1 Å². The van der Waals surface area contributed by atoms with Gasteiger partial charge in [0.05, 0.1) is 11.9 Å². The first-order chi connectivity index (χ1) is 16.3. The third-order valence-corrected chi connectivity index (χ3v) is 18.9. The minimum absolute atomic E-state index is 0.363. The Labute approximate surface area is 223 Å². The van der Waals surface area contributed by atoms with Crippen LogP contribution < -0.4 is 10.2 Å². The normalized spacial score (nSPS) is 9.82. The topological polar surface area (TPSA) is 98.7 Å². The zero-order chi connectivity index (χ0) is 26.2. The molecule has 0 radical (unpaired) electrons. The van der Waals surface area contributed by atoms with Crippen LogP contribution in [0.15, 0.2) is 24.3 Å². The second kappa shape index (κ2) is 25.8. The van der Waals surface area contributed by atoms with E-state index in [0.29, 0.717) is 0 Å². The second-order valence-electron chi connectivity index (χ2n) is 8.02. The van der Waals surface area contributed by atoms with Gasteiger partial charge in [0.1, 0.15) is 0 Å². The maximum absolute atomic E-state index is 10.3. The van der Waals surface area contributed by atoms with E-state index in [0.717, 1.165) is 12.1 Å². The molecule has 8 heteroatoms. The van der Waals surface area contributed by atoms with Crippen molar-refractivity contribution >= 4 is 52.3 Å². The Balaban J connectivity index is 0. The third kappa shape index (κ3) is 19.9. The monoisotopic (exact) mass is 694 g/mol. The fourth-order valence-corrected chi connectivity index (χ4v) is 15.3. The molecular weight excluding hydrogens is 646 g/mol. The zero-order valence-electron chi connectivity index (χ0n) is 22.2. The predicted molar refractivity (Wildman–Crippen MR) is 139 cm³/mol. The van der Waals surface area contributed by atoms with Crippen molar-refractivity contribution in [3.05, 3.63) is 35.4 Å². The number of hydrogen-bond donors (Lipinski definition) is 0. The van der Waals surface area contributed by atoms with Crippen LogP contribution in [-0.4, -0.2) is 66.5 Å². The average molecular weight is 692 g/mol.